The van der Waals surface area contributed by atoms with Crippen molar-refractivity contribution in [3.63, 3.8) is 0 Å². The van der Waals surface area contributed by atoms with E-state index in [4.69, 9.17) is 0 Å². The largest absolute Gasteiger partial charge is 0.342 e. The van der Waals surface area contributed by atoms with Crippen LogP contribution >= 0.6 is 0 Å². The minimum absolute atomic E-state index is 0.00907. The molecule has 0 unspecified atom stereocenters. The van der Waals surface area contributed by atoms with E-state index >= 15 is 0 Å². The fourth-order valence-electron chi connectivity index (χ4n) is 4.78. The summed E-state index contributed by atoms with van der Waals surface area (Å²) >= 11 is 0. The van der Waals surface area contributed by atoms with Crippen LogP contribution in [-0.4, -0.2) is 58.7 Å². The zero-order chi connectivity index (χ0) is 27.8. The van der Waals surface area contributed by atoms with Crippen molar-refractivity contribution in [3.8, 4) is 0 Å². The van der Waals surface area contributed by atoms with E-state index in [9.17, 15) is 14.4 Å². The summed E-state index contributed by atoms with van der Waals surface area (Å²) in [6.07, 6.45) is 2.70. The maximum atomic E-state index is 13.5. The van der Waals surface area contributed by atoms with E-state index in [0.29, 0.717) is 35.8 Å². The van der Waals surface area contributed by atoms with Crippen LogP contribution in [0.1, 0.15) is 55.1 Å². The lowest BCUT2D eigenvalue weighted by Gasteiger charge is -2.27. The molecule has 1 aromatic heterocycles. The van der Waals surface area contributed by atoms with E-state index in [1.807, 2.05) is 11.8 Å². The van der Waals surface area contributed by atoms with Crippen LogP contribution in [0.3, 0.4) is 0 Å². The molecule has 1 N–H and O–H groups in total. The molecule has 3 aromatic rings. The van der Waals surface area contributed by atoms with Gasteiger partial charge in [0.2, 0.25) is 11.8 Å². The third-order valence-electron chi connectivity index (χ3n) is 7.14. The number of anilines is 3. The summed E-state index contributed by atoms with van der Waals surface area (Å²) in [5.41, 5.74) is 3.88. The molecule has 8 nitrogen and oxygen atoms in total. The lowest BCUT2D eigenvalue weighted by Crippen LogP contribution is -2.39. The molecule has 0 radical (unpaired) electrons. The van der Waals surface area contributed by atoms with Crippen molar-refractivity contribution in [1.82, 2.24) is 14.8 Å². The van der Waals surface area contributed by atoms with Crippen molar-refractivity contribution in [1.29, 1.82) is 0 Å². The summed E-state index contributed by atoms with van der Waals surface area (Å²) in [4.78, 5) is 49.4. The summed E-state index contributed by atoms with van der Waals surface area (Å²) in [7, 11) is 0. The Morgan fingerprint density at radius 1 is 0.872 bits per heavy atom. The Kier molecular flexibility index (Phi) is 9.44. The Morgan fingerprint density at radius 2 is 1.62 bits per heavy atom. The summed E-state index contributed by atoms with van der Waals surface area (Å²) in [5, 5.41) is 2.84. The Labute approximate surface area is 230 Å². The van der Waals surface area contributed by atoms with Gasteiger partial charge in [0.05, 0.1) is 16.9 Å². The molecule has 4 rings (SSSR count). The molecular weight excluding hydrogens is 490 g/mol. The van der Waals surface area contributed by atoms with Gasteiger partial charge in [0, 0.05) is 45.2 Å². The van der Waals surface area contributed by atoms with Crippen LogP contribution in [0.15, 0.2) is 66.9 Å². The number of carbonyl (C=O) groups is 3. The number of aromatic nitrogens is 1. The summed E-state index contributed by atoms with van der Waals surface area (Å²) in [5.74, 6) is -0.293. The maximum absolute atomic E-state index is 13.5. The second kappa shape index (κ2) is 13.2. The molecule has 0 aliphatic carbocycles. The number of pyridine rings is 1. The average molecular weight is 528 g/mol. The first-order chi connectivity index (χ1) is 18.9. The van der Waals surface area contributed by atoms with Gasteiger partial charge in [-0.3, -0.25) is 24.2 Å². The van der Waals surface area contributed by atoms with Gasteiger partial charge < -0.3 is 10.2 Å². The Bertz CT molecular complexity index is 1310. The number of aryl methyl sites for hydroxylation is 1. The molecule has 0 saturated carbocycles. The predicted octanol–water partition coefficient (Wildman–Crippen LogP) is 5.03. The number of fused-ring (bicyclic) bond motifs is 2. The SMILES string of the molecule is CCc1ccc(CN(CC)CCN(CC)C(=O)CCC(=O)N2c3ccccc3C(=O)Nc3cccnc32)cc1. The van der Waals surface area contributed by atoms with Crippen molar-refractivity contribution in [3.05, 3.63) is 83.6 Å². The van der Waals surface area contributed by atoms with Crippen LogP contribution in [0.2, 0.25) is 0 Å². The number of likely N-dealkylation sites (N-methyl/N-ethyl adjacent to an activating group) is 2. The number of hydrogen-bond acceptors (Lipinski definition) is 5. The number of para-hydroxylation sites is 1. The van der Waals surface area contributed by atoms with E-state index in [0.717, 1.165) is 26.1 Å². The highest BCUT2D eigenvalue weighted by Gasteiger charge is 2.30. The van der Waals surface area contributed by atoms with Crippen molar-refractivity contribution in [2.24, 2.45) is 0 Å². The number of nitrogens with zero attached hydrogens (tertiary/aromatic N) is 4. The molecule has 3 amide bonds. The molecule has 2 heterocycles. The maximum Gasteiger partial charge on any atom is 0.257 e. The molecule has 0 bridgehead atoms. The van der Waals surface area contributed by atoms with Crippen LogP contribution in [0.4, 0.5) is 17.2 Å². The minimum Gasteiger partial charge on any atom is -0.342 e. The quantitative estimate of drug-likeness (QED) is 0.378. The number of carbonyl (C=O) groups excluding carboxylic acids is 3. The molecule has 2 aromatic carbocycles. The zero-order valence-electron chi connectivity index (χ0n) is 23.0. The summed E-state index contributed by atoms with van der Waals surface area (Å²) in [6, 6.07) is 19.1. The number of hydrogen-bond donors (Lipinski definition) is 1. The minimum atomic E-state index is -0.301. The molecule has 0 saturated heterocycles. The molecule has 1 aliphatic heterocycles. The molecule has 8 heteroatoms. The van der Waals surface area contributed by atoms with Gasteiger partial charge in [-0.05, 0) is 55.3 Å². The van der Waals surface area contributed by atoms with E-state index < -0.39 is 0 Å². The lowest BCUT2D eigenvalue weighted by atomic mass is 10.1. The van der Waals surface area contributed by atoms with Crippen LogP contribution in [0.25, 0.3) is 0 Å². The number of benzene rings is 2. The van der Waals surface area contributed by atoms with Crippen molar-refractivity contribution < 1.29 is 14.4 Å². The average Bonchev–Trinajstić information content (AvgIpc) is 3.09. The van der Waals surface area contributed by atoms with E-state index in [-0.39, 0.29) is 30.6 Å². The monoisotopic (exact) mass is 527 g/mol. The Balaban J connectivity index is 1.39. The molecule has 0 fully saturated rings. The fraction of sp³-hybridized carbons (Fsp3) is 0.355. The van der Waals surface area contributed by atoms with Crippen LogP contribution in [0, 0.1) is 0 Å². The van der Waals surface area contributed by atoms with Gasteiger partial charge in [0.25, 0.3) is 5.91 Å². The first-order valence-corrected chi connectivity index (χ1v) is 13.7. The van der Waals surface area contributed by atoms with Crippen molar-refractivity contribution >= 4 is 34.9 Å². The number of rotatable bonds is 11. The molecule has 39 heavy (non-hydrogen) atoms. The first-order valence-electron chi connectivity index (χ1n) is 13.7. The fourth-order valence-corrected chi connectivity index (χ4v) is 4.78. The molecular formula is C31H37N5O3. The summed E-state index contributed by atoms with van der Waals surface area (Å²) < 4.78 is 0. The normalized spacial score (nSPS) is 12.4. The Hall–Kier alpha value is -4.04. The van der Waals surface area contributed by atoms with Crippen LogP contribution in [-0.2, 0) is 22.6 Å². The van der Waals surface area contributed by atoms with E-state index in [1.54, 1.807) is 42.6 Å². The van der Waals surface area contributed by atoms with Gasteiger partial charge >= 0.3 is 0 Å². The van der Waals surface area contributed by atoms with Crippen LogP contribution < -0.4 is 10.2 Å². The lowest BCUT2D eigenvalue weighted by molar-refractivity contribution is -0.133. The van der Waals surface area contributed by atoms with Crippen molar-refractivity contribution in [2.45, 2.75) is 46.6 Å². The van der Waals surface area contributed by atoms with Gasteiger partial charge in [-0.2, -0.15) is 0 Å². The third-order valence-corrected chi connectivity index (χ3v) is 7.14. The van der Waals surface area contributed by atoms with Gasteiger partial charge in [-0.1, -0.05) is 50.2 Å². The van der Waals surface area contributed by atoms with Gasteiger partial charge in [0.1, 0.15) is 0 Å². The highest BCUT2D eigenvalue weighted by atomic mass is 16.2. The molecule has 0 spiro atoms. The topological polar surface area (TPSA) is 85.9 Å². The second-order valence-corrected chi connectivity index (χ2v) is 9.59. The highest BCUT2D eigenvalue weighted by molar-refractivity contribution is 6.17. The van der Waals surface area contributed by atoms with Gasteiger partial charge in [-0.25, -0.2) is 4.98 Å². The van der Waals surface area contributed by atoms with E-state index in [2.05, 4.69) is 53.3 Å². The third kappa shape index (κ3) is 6.70. The van der Waals surface area contributed by atoms with Gasteiger partial charge in [-0.15, -0.1) is 0 Å². The highest BCUT2D eigenvalue weighted by Crippen LogP contribution is 2.36. The van der Waals surface area contributed by atoms with Gasteiger partial charge in [0.15, 0.2) is 5.82 Å². The zero-order valence-corrected chi connectivity index (χ0v) is 23.0. The molecule has 0 atom stereocenters. The standard InChI is InChI=1S/C31H37N5O3/c1-4-23-13-15-24(16-14-23)22-34(5-2)20-21-35(6-3)28(37)17-18-29(38)36-27-12-8-7-10-25(27)31(39)33-26-11-9-19-32-30(26)36/h7-16,19H,4-6,17-18,20-22H2,1-3H3,(H,33,39). The first kappa shape index (κ1) is 28.0. The summed E-state index contributed by atoms with van der Waals surface area (Å²) in [6.45, 7) is 9.88. The van der Waals surface area contributed by atoms with E-state index in [1.165, 1.54) is 16.0 Å². The smallest absolute Gasteiger partial charge is 0.257 e. The predicted molar refractivity (Wildman–Crippen MR) is 154 cm³/mol. The number of nitrogens with one attached hydrogen (secondary N) is 1. The second-order valence-electron chi connectivity index (χ2n) is 9.59. The Morgan fingerprint density at radius 3 is 2.33 bits per heavy atom. The number of amides is 3. The van der Waals surface area contributed by atoms with Crippen molar-refractivity contribution in [2.75, 3.05) is 36.4 Å². The van der Waals surface area contributed by atoms with Crippen LogP contribution in [0.5, 0.6) is 0 Å². The molecule has 1 aliphatic rings. The molecule has 204 valence electrons.